The maximum atomic E-state index is 12.3. The molecule has 146 valence electrons. The Hall–Kier alpha value is -2.49. The van der Waals surface area contributed by atoms with E-state index >= 15 is 0 Å². The van der Waals surface area contributed by atoms with Crippen molar-refractivity contribution in [1.29, 1.82) is 0 Å². The van der Waals surface area contributed by atoms with Gasteiger partial charge in [0.2, 0.25) is 5.88 Å². The molecule has 0 saturated heterocycles. The number of rotatable bonds is 5. The van der Waals surface area contributed by atoms with E-state index in [4.69, 9.17) is 9.26 Å². The number of nitrogens with zero attached hydrogens (tertiary/aromatic N) is 1. The van der Waals surface area contributed by atoms with Gasteiger partial charge in [-0.1, -0.05) is 25.9 Å². The van der Waals surface area contributed by atoms with Crippen LogP contribution in [0.5, 0.6) is 0 Å². The Morgan fingerprint density at radius 1 is 1.19 bits per heavy atom. The molecule has 0 atom stereocenters. The summed E-state index contributed by atoms with van der Waals surface area (Å²) < 4.78 is 46.6. The summed E-state index contributed by atoms with van der Waals surface area (Å²) in [5.41, 5.74) is -3.99. The zero-order chi connectivity index (χ0) is 20.2. The number of benzene rings is 1. The van der Waals surface area contributed by atoms with E-state index in [-0.39, 0.29) is 33.5 Å². The molecule has 1 aromatic carbocycles. The van der Waals surface area contributed by atoms with Gasteiger partial charge in [-0.3, -0.25) is 10.1 Å². The fourth-order valence-electron chi connectivity index (χ4n) is 1.87. The van der Waals surface area contributed by atoms with Crippen molar-refractivity contribution >= 4 is 29.5 Å². The quantitative estimate of drug-likeness (QED) is 0.591. The predicted octanol–water partition coefficient (Wildman–Crippen LogP) is 4.38. The van der Waals surface area contributed by atoms with Crippen LogP contribution in [-0.2, 0) is 14.9 Å². The first-order valence-corrected chi connectivity index (χ1v) is 8.56. The molecule has 0 spiro atoms. The normalized spacial score (nSPS) is 11.9. The molecule has 27 heavy (non-hydrogen) atoms. The Bertz CT molecular complexity index is 811. The highest BCUT2D eigenvalue weighted by molar-refractivity contribution is 8.00. The van der Waals surface area contributed by atoms with Crippen molar-refractivity contribution < 1.29 is 32.0 Å². The number of halogens is 3. The van der Waals surface area contributed by atoms with Gasteiger partial charge >= 0.3 is 11.5 Å². The molecule has 1 aromatic heterocycles. The number of carbonyl (C=O) groups excluding carboxylic acids is 2. The molecule has 0 aliphatic rings. The van der Waals surface area contributed by atoms with E-state index in [2.05, 4.69) is 10.5 Å². The molecule has 10 heteroatoms. The summed E-state index contributed by atoms with van der Waals surface area (Å²) in [6.45, 7) is 5.20. The van der Waals surface area contributed by atoms with Gasteiger partial charge in [0.25, 0.3) is 5.91 Å². The van der Waals surface area contributed by atoms with Crippen LogP contribution in [0.15, 0.2) is 39.8 Å². The van der Waals surface area contributed by atoms with Gasteiger partial charge in [0.1, 0.15) is 0 Å². The number of thioether (sulfide) groups is 1. The third-order valence-electron chi connectivity index (χ3n) is 3.20. The molecule has 1 amide bonds. The average Bonchev–Trinajstić information content (AvgIpc) is 3.00. The molecule has 0 radical (unpaired) electrons. The molecular weight excluding hydrogens is 385 g/mol. The van der Waals surface area contributed by atoms with Crippen LogP contribution in [0.2, 0.25) is 0 Å². The Labute approximate surface area is 157 Å². The molecular formula is C17H17F3N2O4S. The summed E-state index contributed by atoms with van der Waals surface area (Å²) in [6, 6.07) is 6.26. The lowest BCUT2D eigenvalue weighted by atomic mass is 9.92. The second-order valence-corrected chi connectivity index (χ2v) is 7.66. The van der Waals surface area contributed by atoms with Crippen molar-refractivity contribution in [3.05, 3.63) is 41.6 Å². The smallest absolute Gasteiger partial charge is 0.446 e. The molecule has 0 aliphatic carbocycles. The van der Waals surface area contributed by atoms with Crippen LogP contribution in [0.4, 0.5) is 19.1 Å². The third kappa shape index (κ3) is 6.63. The number of nitrogens with one attached hydrogen (secondary N) is 1. The number of ether oxygens (including phenoxy) is 1. The maximum absolute atomic E-state index is 12.3. The Morgan fingerprint density at radius 3 is 2.33 bits per heavy atom. The van der Waals surface area contributed by atoms with E-state index in [1.165, 1.54) is 12.1 Å². The largest absolute Gasteiger partial charge is 0.452 e. The minimum absolute atomic E-state index is 0.0315. The standard InChI is InChI=1S/C17H17F3N2O4S/c1-16(2,3)12-8-14(26-22-12)21-13(23)9-25-15(24)10-4-6-11(7-5-10)27-17(18,19)20/h4-8H,9H2,1-3H3,(H,21,23). The molecule has 0 saturated carbocycles. The summed E-state index contributed by atoms with van der Waals surface area (Å²) in [7, 11) is 0. The van der Waals surface area contributed by atoms with Crippen LogP contribution in [0.1, 0.15) is 36.8 Å². The fraction of sp³-hybridized carbons (Fsp3) is 0.353. The Morgan fingerprint density at radius 2 is 1.81 bits per heavy atom. The lowest BCUT2D eigenvalue weighted by molar-refractivity contribution is -0.119. The first-order chi connectivity index (χ1) is 12.4. The lowest BCUT2D eigenvalue weighted by Crippen LogP contribution is -2.20. The number of aromatic nitrogens is 1. The maximum Gasteiger partial charge on any atom is 0.446 e. The highest BCUT2D eigenvalue weighted by atomic mass is 32.2. The van der Waals surface area contributed by atoms with Gasteiger partial charge in [-0.25, -0.2) is 4.79 Å². The third-order valence-corrected chi connectivity index (χ3v) is 3.94. The number of hydrogen-bond acceptors (Lipinski definition) is 6. The van der Waals surface area contributed by atoms with E-state index in [1.807, 2.05) is 20.8 Å². The van der Waals surface area contributed by atoms with E-state index in [9.17, 15) is 22.8 Å². The fourth-order valence-corrected chi connectivity index (χ4v) is 2.41. The van der Waals surface area contributed by atoms with Crippen molar-refractivity contribution in [3.8, 4) is 0 Å². The van der Waals surface area contributed by atoms with Gasteiger partial charge in [-0.15, -0.1) is 0 Å². The lowest BCUT2D eigenvalue weighted by Gasteiger charge is -2.12. The van der Waals surface area contributed by atoms with Gasteiger partial charge in [-0.2, -0.15) is 13.2 Å². The van der Waals surface area contributed by atoms with E-state index < -0.39 is 24.0 Å². The second-order valence-electron chi connectivity index (χ2n) is 6.52. The number of anilines is 1. The van der Waals surface area contributed by atoms with Crippen molar-refractivity contribution in [2.75, 3.05) is 11.9 Å². The highest BCUT2D eigenvalue weighted by Gasteiger charge is 2.29. The van der Waals surface area contributed by atoms with Crippen LogP contribution in [0.3, 0.4) is 0 Å². The number of esters is 1. The van der Waals surface area contributed by atoms with Crippen molar-refractivity contribution in [3.63, 3.8) is 0 Å². The minimum Gasteiger partial charge on any atom is -0.452 e. The van der Waals surface area contributed by atoms with E-state index in [1.54, 1.807) is 6.07 Å². The van der Waals surface area contributed by atoms with Gasteiger partial charge in [-0.05, 0) is 36.0 Å². The van der Waals surface area contributed by atoms with Crippen LogP contribution in [0, 0.1) is 0 Å². The molecule has 0 fully saturated rings. The Balaban J connectivity index is 1.86. The number of hydrogen-bond donors (Lipinski definition) is 1. The second kappa shape index (κ2) is 8.03. The molecule has 0 unspecified atom stereocenters. The zero-order valence-corrected chi connectivity index (χ0v) is 15.5. The Kier molecular flexibility index (Phi) is 6.19. The molecule has 1 heterocycles. The van der Waals surface area contributed by atoms with Crippen molar-refractivity contribution in [2.45, 2.75) is 36.6 Å². The first-order valence-electron chi connectivity index (χ1n) is 7.74. The van der Waals surface area contributed by atoms with Gasteiger partial charge < -0.3 is 9.26 Å². The van der Waals surface area contributed by atoms with Crippen molar-refractivity contribution in [2.24, 2.45) is 0 Å². The van der Waals surface area contributed by atoms with Crippen LogP contribution in [-0.4, -0.2) is 29.1 Å². The summed E-state index contributed by atoms with van der Waals surface area (Å²) in [4.78, 5) is 23.6. The predicted molar refractivity (Wildman–Crippen MR) is 92.5 cm³/mol. The van der Waals surface area contributed by atoms with Crippen LogP contribution < -0.4 is 5.32 Å². The highest BCUT2D eigenvalue weighted by Crippen LogP contribution is 2.36. The minimum atomic E-state index is -4.41. The molecule has 0 bridgehead atoms. The van der Waals surface area contributed by atoms with Crippen LogP contribution in [0.25, 0.3) is 0 Å². The van der Waals surface area contributed by atoms with E-state index in [0.717, 1.165) is 12.1 Å². The number of alkyl halides is 3. The molecule has 6 nitrogen and oxygen atoms in total. The SMILES string of the molecule is CC(C)(C)c1cc(NC(=O)COC(=O)c2ccc(SC(F)(F)F)cc2)on1. The molecule has 0 aliphatic heterocycles. The average molecular weight is 402 g/mol. The van der Waals surface area contributed by atoms with Gasteiger partial charge in [0.05, 0.1) is 11.3 Å². The van der Waals surface area contributed by atoms with Crippen molar-refractivity contribution in [1.82, 2.24) is 5.16 Å². The van der Waals surface area contributed by atoms with Crippen LogP contribution >= 0.6 is 11.8 Å². The summed E-state index contributed by atoms with van der Waals surface area (Å²) >= 11 is -0.288. The monoisotopic (exact) mass is 402 g/mol. The molecule has 1 N–H and O–H groups in total. The molecule has 2 aromatic rings. The van der Waals surface area contributed by atoms with E-state index in [0.29, 0.717) is 5.69 Å². The topological polar surface area (TPSA) is 81.4 Å². The number of carbonyl (C=O) groups is 2. The summed E-state index contributed by atoms with van der Waals surface area (Å²) in [5.74, 6) is -1.35. The summed E-state index contributed by atoms with van der Waals surface area (Å²) in [5, 5.41) is 6.24. The number of amides is 1. The molecule has 2 rings (SSSR count). The zero-order valence-electron chi connectivity index (χ0n) is 14.7. The van der Waals surface area contributed by atoms with Gasteiger partial charge in [0.15, 0.2) is 6.61 Å². The summed E-state index contributed by atoms with van der Waals surface area (Å²) in [6.07, 6.45) is 0. The van der Waals surface area contributed by atoms with Gasteiger partial charge in [0, 0.05) is 16.4 Å². The first kappa shape index (κ1) is 20.8.